The van der Waals surface area contributed by atoms with E-state index in [1.165, 1.54) is 36.4 Å². The summed E-state index contributed by atoms with van der Waals surface area (Å²) >= 11 is 0. The van der Waals surface area contributed by atoms with Crippen molar-refractivity contribution in [3.05, 3.63) is 54.6 Å². The predicted octanol–water partition coefficient (Wildman–Crippen LogP) is 3.10. The van der Waals surface area contributed by atoms with Crippen LogP contribution in [0, 0.1) is 0 Å². The van der Waals surface area contributed by atoms with Crippen molar-refractivity contribution in [2.45, 2.75) is 60.1 Å². The molecule has 0 aliphatic heterocycles. The Labute approximate surface area is 177 Å². The molecule has 1 aliphatic carbocycles. The highest BCUT2D eigenvalue weighted by atomic mass is 32.2. The number of rotatable bonds is 7. The van der Waals surface area contributed by atoms with E-state index in [2.05, 4.69) is 10.0 Å². The standard InChI is InChI=1S/C21H26N2O5S2/c1-16(2)23-30(27,28)19-12-10-17(11-13-19)22-20(24)21(14-6-7-15-21)29(25,26)18-8-4-3-5-9-18/h3-5,8-13,16,23H,6-7,14-15H2,1-2H3,(H,22,24). The van der Waals surface area contributed by atoms with Crippen LogP contribution >= 0.6 is 0 Å². The first kappa shape index (κ1) is 22.5. The molecule has 3 rings (SSSR count). The maximum absolute atomic E-state index is 13.3. The molecule has 7 nitrogen and oxygen atoms in total. The molecule has 1 fully saturated rings. The van der Waals surface area contributed by atoms with Crippen LogP contribution in [0.4, 0.5) is 5.69 Å². The molecule has 162 valence electrons. The van der Waals surface area contributed by atoms with E-state index in [9.17, 15) is 21.6 Å². The van der Waals surface area contributed by atoms with Gasteiger partial charge in [-0.2, -0.15) is 0 Å². The Morgan fingerprint density at radius 2 is 1.43 bits per heavy atom. The Balaban J connectivity index is 1.86. The van der Waals surface area contributed by atoms with Gasteiger partial charge in [-0.3, -0.25) is 4.79 Å². The first-order valence-electron chi connectivity index (χ1n) is 9.82. The van der Waals surface area contributed by atoms with Gasteiger partial charge in [0.05, 0.1) is 9.79 Å². The summed E-state index contributed by atoms with van der Waals surface area (Å²) in [5, 5.41) is 2.69. The molecule has 0 heterocycles. The molecule has 0 saturated heterocycles. The highest BCUT2D eigenvalue weighted by molar-refractivity contribution is 7.93. The minimum Gasteiger partial charge on any atom is -0.325 e. The molecule has 2 aromatic rings. The number of carbonyl (C=O) groups is 1. The third kappa shape index (κ3) is 4.28. The van der Waals surface area contributed by atoms with E-state index in [0.29, 0.717) is 18.5 Å². The van der Waals surface area contributed by atoms with Crippen molar-refractivity contribution >= 4 is 31.5 Å². The fourth-order valence-corrected chi connectivity index (χ4v) is 7.07. The third-order valence-electron chi connectivity index (χ3n) is 5.21. The average Bonchev–Trinajstić information content (AvgIpc) is 3.20. The first-order chi connectivity index (χ1) is 14.1. The highest BCUT2D eigenvalue weighted by Crippen LogP contribution is 2.41. The smallest absolute Gasteiger partial charge is 0.246 e. The summed E-state index contributed by atoms with van der Waals surface area (Å²) in [4.78, 5) is 13.4. The fraction of sp³-hybridized carbons (Fsp3) is 0.381. The molecular formula is C21H26N2O5S2. The van der Waals surface area contributed by atoms with Crippen LogP contribution in [-0.4, -0.2) is 33.5 Å². The van der Waals surface area contributed by atoms with Gasteiger partial charge in [0.25, 0.3) is 0 Å². The minimum absolute atomic E-state index is 0.0710. The second kappa shape index (κ2) is 8.49. The van der Waals surface area contributed by atoms with Crippen molar-refractivity contribution in [3.8, 4) is 0 Å². The van der Waals surface area contributed by atoms with Gasteiger partial charge in [0.15, 0.2) is 14.6 Å². The van der Waals surface area contributed by atoms with Gasteiger partial charge in [-0.25, -0.2) is 21.6 Å². The van der Waals surface area contributed by atoms with Crippen LogP contribution in [0.25, 0.3) is 0 Å². The van der Waals surface area contributed by atoms with Gasteiger partial charge >= 0.3 is 0 Å². The number of amides is 1. The molecule has 0 aromatic heterocycles. The second-order valence-electron chi connectivity index (χ2n) is 7.77. The number of sulfonamides is 1. The highest BCUT2D eigenvalue weighted by Gasteiger charge is 2.52. The number of benzene rings is 2. The lowest BCUT2D eigenvalue weighted by atomic mass is 10.1. The van der Waals surface area contributed by atoms with Crippen molar-refractivity contribution in [3.63, 3.8) is 0 Å². The largest absolute Gasteiger partial charge is 0.325 e. The minimum atomic E-state index is -3.88. The molecule has 9 heteroatoms. The first-order valence-corrected chi connectivity index (χ1v) is 12.8. The lowest BCUT2D eigenvalue weighted by Crippen LogP contribution is -2.47. The number of hydrogen-bond acceptors (Lipinski definition) is 5. The van der Waals surface area contributed by atoms with E-state index in [1.807, 2.05) is 0 Å². The quantitative estimate of drug-likeness (QED) is 0.674. The van der Waals surface area contributed by atoms with Crippen LogP contribution in [0.3, 0.4) is 0 Å². The average molecular weight is 451 g/mol. The van der Waals surface area contributed by atoms with Gasteiger partial charge in [0, 0.05) is 11.7 Å². The molecule has 0 radical (unpaired) electrons. The summed E-state index contributed by atoms with van der Waals surface area (Å²) in [7, 11) is -7.53. The molecular weight excluding hydrogens is 424 g/mol. The fourth-order valence-electron chi connectivity index (χ4n) is 3.73. The van der Waals surface area contributed by atoms with Crippen molar-refractivity contribution < 1.29 is 21.6 Å². The van der Waals surface area contributed by atoms with Crippen molar-refractivity contribution in [2.75, 3.05) is 5.32 Å². The molecule has 2 N–H and O–H groups in total. The SMILES string of the molecule is CC(C)NS(=O)(=O)c1ccc(NC(=O)C2(S(=O)(=O)c3ccccc3)CCCC2)cc1. The van der Waals surface area contributed by atoms with E-state index >= 15 is 0 Å². The van der Waals surface area contributed by atoms with E-state index in [1.54, 1.807) is 32.0 Å². The molecule has 0 spiro atoms. The van der Waals surface area contributed by atoms with Crippen LogP contribution < -0.4 is 10.0 Å². The van der Waals surface area contributed by atoms with E-state index in [0.717, 1.165) is 0 Å². The Bertz CT molecular complexity index is 1100. The predicted molar refractivity (Wildman–Crippen MR) is 115 cm³/mol. The Kier molecular flexibility index (Phi) is 6.35. The zero-order chi connectivity index (χ0) is 22.0. The maximum atomic E-state index is 13.3. The van der Waals surface area contributed by atoms with Crippen LogP contribution in [0.5, 0.6) is 0 Å². The van der Waals surface area contributed by atoms with Gasteiger partial charge in [-0.1, -0.05) is 31.0 Å². The number of sulfone groups is 1. The summed E-state index contributed by atoms with van der Waals surface area (Å²) in [6.45, 7) is 3.45. The summed E-state index contributed by atoms with van der Waals surface area (Å²) in [5.41, 5.74) is 0.345. The van der Waals surface area contributed by atoms with Gasteiger partial charge in [-0.05, 0) is 63.1 Å². The van der Waals surface area contributed by atoms with Gasteiger partial charge < -0.3 is 5.32 Å². The molecule has 30 heavy (non-hydrogen) atoms. The van der Waals surface area contributed by atoms with Crippen LogP contribution in [-0.2, 0) is 24.7 Å². The molecule has 1 amide bonds. The number of anilines is 1. The molecule has 0 atom stereocenters. The van der Waals surface area contributed by atoms with E-state index < -0.39 is 30.5 Å². The van der Waals surface area contributed by atoms with Gasteiger partial charge in [-0.15, -0.1) is 0 Å². The number of hydrogen-bond donors (Lipinski definition) is 2. The van der Waals surface area contributed by atoms with Gasteiger partial charge in [0.2, 0.25) is 15.9 Å². The van der Waals surface area contributed by atoms with Crippen molar-refractivity contribution in [1.82, 2.24) is 4.72 Å². The summed E-state index contributed by atoms with van der Waals surface area (Å²) in [6, 6.07) is 13.4. The Morgan fingerprint density at radius 1 is 0.867 bits per heavy atom. The Morgan fingerprint density at radius 3 is 1.97 bits per heavy atom. The summed E-state index contributed by atoms with van der Waals surface area (Å²) in [6.07, 6.45) is 1.80. The van der Waals surface area contributed by atoms with E-state index in [-0.39, 0.29) is 28.7 Å². The summed E-state index contributed by atoms with van der Waals surface area (Å²) < 4.78 is 52.1. The van der Waals surface area contributed by atoms with Crippen LogP contribution in [0.2, 0.25) is 0 Å². The van der Waals surface area contributed by atoms with Crippen molar-refractivity contribution in [2.24, 2.45) is 0 Å². The monoisotopic (exact) mass is 450 g/mol. The zero-order valence-electron chi connectivity index (χ0n) is 17.0. The second-order valence-corrected chi connectivity index (χ2v) is 11.7. The topological polar surface area (TPSA) is 109 Å². The van der Waals surface area contributed by atoms with E-state index in [4.69, 9.17) is 0 Å². The zero-order valence-corrected chi connectivity index (χ0v) is 18.6. The normalized spacial score (nSPS) is 16.5. The Hall–Kier alpha value is -2.23. The van der Waals surface area contributed by atoms with Crippen LogP contribution in [0.1, 0.15) is 39.5 Å². The molecule has 0 unspecified atom stereocenters. The van der Waals surface area contributed by atoms with Crippen LogP contribution in [0.15, 0.2) is 64.4 Å². The summed E-state index contributed by atoms with van der Waals surface area (Å²) in [5.74, 6) is -0.584. The number of nitrogens with one attached hydrogen (secondary N) is 2. The molecule has 1 saturated carbocycles. The lowest BCUT2D eigenvalue weighted by Gasteiger charge is -2.27. The molecule has 0 bridgehead atoms. The van der Waals surface area contributed by atoms with Crippen molar-refractivity contribution in [1.29, 1.82) is 0 Å². The van der Waals surface area contributed by atoms with Gasteiger partial charge in [0.1, 0.15) is 0 Å². The number of carbonyl (C=O) groups excluding carboxylic acids is 1. The maximum Gasteiger partial charge on any atom is 0.246 e. The lowest BCUT2D eigenvalue weighted by molar-refractivity contribution is -0.118. The third-order valence-corrected chi connectivity index (χ3v) is 9.40. The molecule has 1 aliphatic rings. The molecule has 2 aromatic carbocycles.